The van der Waals surface area contributed by atoms with Gasteiger partial charge in [0.15, 0.2) is 21.6 Å². The summed E-state index contributed by atoms with van der Waals surface area (Å²) in [6.45, 7) is 16.5. The van der Waals surface area contributed by atoms with E-state index in [1.54, 1.807) is 34.0 Å². The molecule has 2 atom stereocenters. The number of hydrogen-bond donors (Lipinski definition) is 0. The number of unbranched alkanes of at least 4 members (excludes halogenated alkanes) is 16. The molecule has 1 aliphatic rings. The fraction of sp³-hybridized carbons (Fsp3) is 0.429. The third kappa shape index (κ3) is 14.8. The summed E-state index contributed by atoms with van der Waals surface area (Å²) >= 11 is 11.0. The summed E-state index contributed by atoms with van der Waals surface area (Å²) < 4.78 is 30.9. The van der Waals surface area contributed by atoms with E-state index in [2.05, 4.69) is 161 Å². The molecule has 0 aliphatic heterocycles. The third-order valence-corrected chi connectivity index (χ3v) is 26.1. The van der Waals surface area contributed by atoms with Gasteiger partial charge in [-0.2, -0.15) is 0 Å². The van der Waals surface area contributed by atoms with E-state index in [4.69, 9.17) is 28.9 Å². The number of aromatic nitrogens is 2. The van der Waals surface area contributed by atoms with Crippen molar-refractivity contribution in [3.63, 3.8) is 0 Å². The van der Waals surface area contributed by atoms with Crippen molar-refractivity contribution in [1.29, 1.82) is 0 Å². The van der Waals surface area contributed by atoms with Crippen molar-refractivity contribution < 1.29 is 18.9 Å². The highest BCUT2D eigenvalue weighted by Crippen LogP contribution is 2.59. The van der Waals surface area contributed by atoms with Gasteiger partial charge >= 0.3 is 0 Å². The molecule has 12 aromatic rings. The van der Waals surface area contributed by atoms with E-state index in [1.807, 2.05) is 34.0 Å². The molecule has 0 fully saturated rings. The van der Waals surface area contributed by atoms with Crippen LogP contribution in [0, 0.1) is 11.8 Å². The molecule has 13 rings (SSSR count). The largest absolute Gasteiger partial charge is 0.489 e. The van der Waals surface area contributed by atoms with Crippen LogP contribution in [0.1, 0.15) is 196 Å². The van der Waals surface area contributed by atoms with E-state index in [-0.39, 0.29) is 0 Å². The second-order valence-electron chi connectivity index (χ2n) is 26.6. The van der Waals surface area contributed by atoms with Crippen LogP contribution in [-0.2, 0) is 0 Å². The van der Waals surface area contributed by atoms with Crippen LogP contribution in [0.2, 0.25) is 0 Å². The lowest BCUT2D eigenvalue weighted by atomic mass is 9.80. The maximum Gasteiger partial charge on any atom is 0.174 e. The van der Waals surface area contributed by atoms with Gasteiger partial charge in [-0.1, -0.05) is 247 Å². The molecule has 0 radical (unpaired) electrons. The van der Waals surface area contributed by atoms with Crippen LogP contribution >= 0.6 is 68.0 Å². The molecule has 1 aliphatic carbocycles. The summed E-state index contributed by atoms with van der Waals surface area (Å²) in [5.74, 6) is 2.69. The van der Waals surface area contributed by atoms with E-state index >= 15 is 0 Å². The van der Waals surface area contributed by atoms with Gasteiger partial charge in [0.2, 0.25) is 0 Å². The molecule has 0 bridgehead atoms. The fourth-order valence-corrected chi connectivity index (χ4v) is 20.4. The van der Waals surface area contributed by atoms with Crippen molar-refractivity contribution in [3.05, 3.63) is 120 Å². The highest BCUT2D eigenvalue weighted by molar-refractivity contribution is 7.28. The monoisotopic (exact) mass is 1390 g/mol. The zero-order chi connectivity index (χ0) is 65.7. The number of benzene rings is 5. The Morgan fingerprint density at radius 3 is 1.32 bits per heavy atom. The number of nitrogens with zero attached hydrogens (tertiary/aromatic N) is 2. The van der Waals surface area contributed by atoms with Gasteiger partial charge in [-0.15, -0.1) is 45.3 Å². The minimum atomic E-state index is 0.557. The molecule has 2 unspecified atom stereocenters. The SMILES string of the molecule is CCCCCCCCOc1c(OCCCCCCCC)c(-c2ccc(-c3cc4c(-c5ccc(OCC(CC)CCCCCC)s5)c5sccc5c(-c5ccc(OCC(CC)CCCCCC)s5)c4s3)s2)c2nc3c(nc2c1-c1cccs1)-c1c-3c2ccccc2c2ccccc12. The zero-order valence-electron chi connectivity index (χ0n) is 57.5. The van der Waals surface area contributed by atoms with Crippen molar-refractivity contribution in [1.82, 2.24) is 9.97 Å². The van der Waals surface area contributed by atoms with Gasteiger partial charge in [-0.25, -0.2) is 9.97 Å². The number of ether oxygens (including phenoxy) is 4. The molecule has 96 heavy (non-hydrogen) atoms. The van der Waals surface area contributed by atoms with E-state index in [0.29, 0.717) is 25.0 Å². The molecule has 0 saturated carbocycles. The van der Waals surface area contributed by atoms with Crippen LogP contribution in [0.4, 0.5) is 0 Å². The third-order valence-electron chi connectivity index (χ3n) is 19.8. The summed E-state index contributed by atoms with van der Waals surface area (Å²) in [5.41, 5.74) is 10.5. The highest BCUT2D eigenvalue weighted by Gasteiger charge is 2.36. The van der Waals surface area contributed by atoms with Crippen molar-refractivity contribution >= 4 is 121 Å². The summed E-state index contributed by atoms with van der Waals surface area (Å²) in [6, 6.07) is 40.8. The van der Waals surface area contributed by atoms with Crippen molar-refractivity contribution in [2.45, 2.75) is 196 Å². The van der Waals surface area contributed by atoms with Crippen LogP contribution in [0.25, 0.3) is 127 Å². The van der Waals surface area contributed by atoms with Gasteiger partial charge < -0.3 is 18.9 Å². The molecule has 0 saturated heterocycles. The van der Waals surface area contributed by atoms with E-state index in [0.717, 1.165) is 117 Å². The van der Waals surface area contributed by atoms with Gasteiger partial charge in [0, 0.05) is 71.7 Å². The molecular weight excluding hydrogens is 1290 g/mol. The molecule has 0 amide bonds. The Morgan fingerprint density at radius 1 is 0.333 bits per heavy atom. The van der Waals surface area contributed by atoms with Crippen molar-refractivity contribution in [2.24, 2.45) is 11.8 Å². The topological polar surface area (TPSA) is 62.7 Å². The predicted molar refractivity (Wildman–Crippen MR) is 422 cm³/mol. The Kier molecular flexibility index (Phi) is 23.6. The Labute approximate surface area is 594 Å². The maximum atomic E-state index is 7.43. The summed E-state index contributed by atoms with van der Waals surface area (Å²) in [6.07, 6.45) is 29.1. The standard InChI is InChI=1S/C84H96N2O4S6/c1-7-13-17-21-23-31-48-87-81-75(64-40-33-50-91-64)79-80(86-78-74-60-39-30-28-37-58(60)57-36-27-29-38-59(57)73(74)77(78)85-79)76(82(81)88-49-32-24-22-18-14-8-2)67-42-41-63(93-67)68-52-62-72(66-44-46-70(95-66)90-54-56(12-6)35-26-20-16-10-4)83-61(47-51-92-83)71(84(62)96-68)65-43-45-69(94-65)89-53-55(11-5)34-25-19-15-9-3/h27-30,33,36-47,50-52,55-56H,7-26,31-32,34-35,48-49,53-54H2,1-6H3. The first kappa shape index (κ1) is 68.4. The smallest absolute Gasteiger partial charge is 0.174 e. The Hall–Kier alpha value is -6.12. The van der Waals surface area contributed by atoms with Crippen LogP contribution in [0.3, 0.4) is 0 Å². The average molecular weight is 1390 g/mol. The number of hydrogen-bond acceptors (Lipinski definition) is 12. The quantitative estimate of drug-likeness (QED) is 0.0283. The predicted octanol–water partition coefficient (Wildman–Crippen LogP) is 28.8. The minimum Gasteiger partial charge on any atom is -0.489 e. The second-order valence-corrected chi connectivity index (χ2v) is 32.7. The highest BCUT2D eigenvalue weighted by atomic mass is 32.1. The number of rotatable bonds is 39. The maximum absolute atomic E-state index is 7.43. The summed E-state index contributed by atoms with van der Waals surface area (Å²) in [5, 5.41) is 13.9. The van der Waals surface area contributed by atoms with Gasteiger partial charge in [-0.3, -0.25) is 0 Å². The fourth-order valence-electron chi connectivity index (χ4n) is 14.3. The van der Waals surface area contributed by atoms with Crippen LogP contribution in [-0.4, -0.2) is 36.4 Å². The van der Waals surface area contributed by atoms with Crippen LogP contribution < -0.4 is 18.9 Å². The Balaban J connectivity index is 0.963. The number of thiophene rings is 6. The van der Waals surface area contributed by atoms with Crippen LogP contribution in [0.15, 0.2) is 120 Å². The first-order valence-electron chi connectivity index (χ1n) is 36.6. The first-order chi connectivity index (χ1) is 47.4. The Morgan fingerprint density at radius 2 is 0.802 bits per heavy atom. The van der Waals surface area contributed by atoms with Gasteiger partial charge in [0.25, 0.3) is 0 Å². The minimum absolute atomic E-state index is 0.557. The average Bonchev–Trinajstić information content (AvgIpc) is 0.772. The molecule has 12 heteroatoms. The lowest BCUT2D eigenvalue weighted by molar-refractivity contribution is 0.238. The van der Waals surface area contributed by atoms with Gasteiger partial charge in [0.1, 0.15) is 11.0 Å². The van der Waals surface area contributed by atoms with Crippen molar-refractivity contribution in [3.8, 4) is 95.7 Å². The first-order valence-corrected chi connectivity index (χ1v) is 41.6. The van der Waals surface area contributed by atoms with Gasteiger partial charge in [-0.05, 0) is 124 Å². The van der Waals surface area contributed by atoms with Gasteiger partial charge in [0.05, 0.1) is 48.9 Å². The summed E-state index contributed by atoms with van der Waals surface area (Å²) in [4.78, 5) is 19.0. The Bertz CT molecular complexity index is 4410. The lowest BCUT2D eigenvalue weighted by Crippen LogP contribution is -2.11. The zero-order valence-corrected chi connectivity index (χ0v) is 62.4. The van der Waals surface area contributed by atoms with E-state index in [1.165, 1.54) is 199 Å². The molecule has 0 N–H and O–H groups in total. The second kappa shape index (κ2) is 33.2. The molecule has 7 aromatic heterocycles. The van der Waals surface area contributed by atoms with E-state index in [9.17, 15) is 0 Å². The van der Waals surface area contributed by atoms with E-state index < -0.39 is 0 Å². The van der Waals surface area contributed by atoms with Crippen LogP contribution in [0.5, 0.6) is 21.6 Å². The molecule has 7 heterocycles. The molecule has 0 spiro atoms. The molecule has 502 valence electrons. The molecule has 5 aromatic carbocycles. The number of fused-ring (bicyclic) bond motifs is 12. The molecular formula is C84H96N2O4S6. The molecule has 6 nitrogen and oxygen atoms in total. The van der Waals surface area contributed by atoms with Crippen molar-refractivity contribution in [2.75, 3.05) is 26.4 Å². The lowest BCUT2D eigenvalue weighted by Gasteiger charge is -2.28. The summed E-state index contributed by atoms with van der Waals surface area (Å²) in [7, 11) is 0. The normalized spacial score (nSPS) is 12.7.